The van der Waals surface area contributed by atoms with Crippen molar-refractivity contribution >= 4 is 22.4 Å². The first kappa shape index (κ1) is 19.0. The summed E-state index contributed by atoms with van der Waals surface area (Å²) in [4.78, 5) is 16.3. The van der Waals surface area contributed by atoms with E-state index in [9.17, 15) is 5.11 Å². The van der Waals surface area contributed by atoms with Crippen LogP contribution in [0, 0.1) is 0 Å². The summed E-state index contributed by atoms with van der Waals surface area (Å²) in [6.07, 6.45) is 3.55. The summed E-state index contributed by atoms with van der Waals surface area (Å²) in [5, 5.41) is 14.2. The van der Waals surface area contributed by atoms with Gasteiger partial charge in [0.1, 0.15) is 5.71 Å². The van der Waals surface area contributed by atoms with Gasteiger partial charge in [-0.15, -0.1) is 0 Å². The first-order chi connectivity index (χ1) is 15.1. The van der Waals surface area contributed by atoms with Crippen LogP contribution in [0.4, 0.5) is 0 Å². The number of rotatable bonds is 4. The number of imidazole rings is 1. The maximum atomic E-state index is 10.9. The highest BCUT2D eigenvalue weighted by Crippen LogP contribution is 2.25. The molecule has 0 saturated heterocycles. The van der Waals surface area contributed by atoms with Gasteiger partial charge in [0.05, 0.1) is 16.7 Å². The second kappa shape index (κ2) is 7.70. The number of fused-ring (bicyclic) bond motifs is 2. The van der Waals surface area contributed by atoms with Crippen LogP contribution in [0.25, 0.3) is 27.9 Å². The lowest BCUT2D eigenvalue weighted by Crippen LogP contribution is -2.13. The van der Waals surface area contributed by atoms with Gasteiger partial charge in [-0.3, -0.25) is 9.98 Å². The summed E-state index contributed by atoms with van der Waals surface area (Å²) in [5.74, 6) is 0.381. The number of H-pyrrole nitrogens is 1. The molecule has 7 nitrogen and oxygen atoms in total. The highest BCUT2D eigenvalue weighted by molar-refractivity contribution is 6.13. The number of nitrogens with zero attached hydrogens (tertiary/aromatic N) is 3. The van der Waals surface area contributed by atoms with Crippen molar-refractivity contribution < 1.29 is 5.11 Å². The minimum absolute atomic E-state index is 0.107. The Morgan fingerprint density at radius 2 is 1.84 bits per heavy atom. The van der Waals surface area contributed by atoms with Crippen LogP contribution in [0.2, 0.25) is 0 Å². The normalized spacial score (nSPS) is 14.5. The van der Waals surface area contributed by atoms with Crippen molar-refractivity contribution in [2.75, 3.05) is 7.05 Å². The minimum atomic E-state index is -0.107. The number of aromatic amines is 1. The van der Waals surface area contributed by atoms with Gasteiger partial charge in [-0.05, 0) is 40.5 Å². The Morgan fingerprint density at radius 1 is 1.06 bits per heavy atom. The molecule has 0 unspecified atom stereocenters. The van der Waals surface area contributed by atoms with E-state index in [0.717, 1.165) is 35.2 Å². The maximum Gasteiger partial charge on any atom is 0.168 e. The van der Waals surface area contributed by atoms with Crippen LogP contribution in [-0.4, -0.2) is 32.8 Å². The average Bonchev–Trinajstić information content (AvgIpc) is 3.44. The van der Waals surface area contributed by atoms with E-state index >= 15 is 0 Å². The molecule has 31 heavy (non-hydrogen) atoms. The first-order valence-corrected chi connectivity index (χ1v) is 10.0. The lowest BCUT2D eigenvalue weighted by Gasteiger charge is -2.09. The standard InChI is InChI=1S/C24H22N6O/c1-26-22(24-29-19-9-17-12-28-13-18(17)10-20(19)30-24)23(31)21(25)15-6-4-14(5-7-15)16-3-2-8-27-11-16/h2-11,28,31H,12-13,25H2,1H3,(H,29,30). The van der Waals surface area contributed by atoms with Gasteiger partial charge in [0, 0.05) is 38.1 Å². The van der Waals surface area contributed by atoms with Crippen LogP contribution in [0.5, 0.6) is 0 Å². The van der Waals surface area contributed by atoms with Gasteiger partial charge < -0.3 is 21.1 Å². The number of nitrogens with two attached hydrogens (primary N) is 1. The highest BCUT2D eigenvalue weighted by Gasteiger charge is 2.19. The van der Waals surface area contributed by atoms with Crippen molar-refractivity contribution in [1.82, 2.24) is 20.3 Å². The molecule has 0 spiro atoms. The molecule has 2 aromatic carbocycles. The highest BCUT2D eigenvalue weighted by atomic mass is 16.3. The zero-order valence-electron chi connectivity index (χ0n) is 17.1. The monoisotopic (exact) mass is 410 g/mol. The summed E-state index contributed by atoms with van der Waals surface area (Å²) < 4.78 is 0. The molecule has 0 fully saturated rings. The second-order valence-electron chi connectivity index (χ2n) is 7.48. The number of pyridine rings is 1. The zero-order chi connectivity index (χ0) is 21.4. The molecule has 0 saturated carbocycles. The molecular weight excluding hydrogens is 388 g/mol. The largest absolute Gasteiger partial charge is 0.504 e. The van der Waals surface area contributed by atoms with E-state index in [2.05, 4.69) is 37.4 Å². The zero-order valence-corrected chi connectivity index (χ0v) is 17.1. The molecule has 1 aliphatic rings. The van der Waals surface area contributed by atoms with Gasteiger partial charge in [-0.2, -0.15) is 0 Å². The Bertz CT molecular complexity index is 1280. The number of aliphatic hydroxyl groups excluding tert-OH is 1. The predicted octanol–water partition coefficient (Wildman–Crippen LogP) is 3.53. The number of nitrogens with one attached hydrogen (secondary N) is 2. The fourth-order valence-corrected chi connectivity index (χ4v) is 3.88. The quantitative estimate of drug-likeness (QED) is 0.304. The van der Waals surface area contributed by atoms with Gasteiger partial charge in [0.25, 0.3) is 0 Å². The van der Waals surface area contributed by atoms with Crippen molar-refractivity contribution in [3.63, 3.8) is 0 Å². The van der Waals surface area contributed by atoms with Crippen LogP contribution in [0.15, 0.2) is 71.7 Å². The maximum absolute atomic E-state index is 10.9. The van der Waals surface area contributed by atoms with Crippen molar-refractivity contribution in [3.8, 4) is 11.1 Å². The van der Waals surface area contributed by atoms with Gasteiger partial charge in [0.15, 0.2) is 11.6 Å². The van der Waals surface area contributed by atoms with E-state index in [4.69, 9.17) is 5.73 Å². The van der Waals surface area contributed by atoms with Gasteiger partial charge in [-0.25, -0.2) is 4.98 Å². The number of aromatic nitrogens is 3. The molecule has 1 aliphatic heterocycles. The van der Waals surface area contributed by atoms with Gasteiger partial charge >= 0.3 is 0 Å². The van der Waals surface area contributed by atoms with E-state index in [1.54, 1.807) is 19.4 Å². The van der Waals surface area contributed by atoms with E-state index in [-0.39, 0.29) is 11.5 Å². The van der Waals surface area contributed by atoms with Crippen molar-refractivity contribution in [3.05, 3.63) is 89.2 Å². The molecule has 5 N–H and O–H groups in total. The molecule has 0 bridgehead atoms. The third-order valence-corrected chi connectivity index (χ3v) is 5.55. The van der Waals surface area contributed by atoms with Crippen LogP contribution < -0.4 is 11.1 Å². The molecule has 154 valence electrons. The van der Waals surface area contributed by atoms with Crippen LogP contribution in [-0.2, 0) is 13.1 Å². The smallest absolute Gasteiger partial charge is 0.168 e. The number of benzene rings is 2. The Kier molecular flexibility index (Phi) is 4.72. The molecular formula is C24H22N6O. The molecule has 5 rings (SSSR count). The van der Waals surface area contributed by atoms with E-state index in [1.165, 1.54) is 11.1 Å². The molecule has 0 radical (unpaired) electrons. The summed E-state index contributed by atoms with van der Waals surface area (Å²) in [7, 11) is 1.61. The number of aliphatic hydroxyl groups is 1. The molecule has 4 aromatic rings. The number of allylic oxidation sites excluding steroid dienone is 1. The third kappa shape index (κ3) is 3.45. The van der Waals surface area contributed by atoms with Crippen LogP contribution in [0.3, 0.4) is 0 Å². The first-order valence-electron chi connectivity index (χ1n) is 10.0. The summed E-state index contributed by atoms with van der Waals surface area (Å²) in [5.41, 5.74) is 13.8. The van der Waals surface area contributed by atoms with Crippen LogP contribution >= 0.6 is 0 Å². The topological polar surface area (TPSA) is 112 Å². The number of hydrogen-bond donors (Lipinski definition) is 4. The lowest BCUT2D eigenvalue weighted by atomic mass is 10.0. The van der Waals surface area contributed by atoms with Crippen LogP contribution in [0.1, 0.15) is 22.5 Å². The van der Waals surface area contributed by atoms with E-state index < -0.39 is 0 Å². The summed E-state index contributed by atoms with van der Waals surface area (Å²) in [6, 6.07) is 15.7. The fourth-order valence-electron chi connectivity index (χ4n) is 3.88. The summed E-state index contributed by atoms with van der Waals surface area (Å²) in [6.45, 7) is 1.69. The van der Waals surface area contributed by atoms with E-state index in [0.29, 0.717) is 17.1 Å². The third-order valence-electron chi connectivity index (χ3n) is 5.55. The lowest BCUT2D eigenvalue weighted by molar-refractivity contribution is 0.444. The van der Waals surface area contributed by atoms with Crippen molar-refractivity contribution in [2.45, 2.75) is 13.1 Å². The molecule has 0 atom stereocenters. The SMILES string of the molecule is CN=C(C(O)=C(N)c1ccc(-c2cccnc2)cc1)c1nc2cc3c(cc2[nH]1)CNC3. The molecule has 3 heterocycles. The Labute approximate surface area is 179 Å². The van der Waals surface area contributed by atoms with Crippen molar-refractivity contribution in [1.29, 1.82) is 0 Å². The Hall–Kier alpha value is -3.97. The molecule has 7 heteroatoms. The Morgan fingerprint density at radius 3 is 2.55 bits per heavy atom. The fraction of sp³-hybridized carbons (Fsp3) is 0.125. The van der Waals surface area contributed by atoms with Gasteiger partial charge in [-0.1, -0.05) is 30.3 Å². The van der Waals surface area contributed by atoms with E-state index in [1.807, 2.05) is 36.4 Å². The minimum Gasteiger partial charge on any atom is -0.504 e. The van der Waals surface area contributed by atoms with Gasteiger partial charge in [0.2, 0.25) is 0 Å². The van der Waals surface area contributed by atoms with Crippen molar-refractivity contribution in [2.24, 2.45) is 10.7 Å². The Balaban J connectivity index is 1.48. The molecule has 2 aromatic heterocycles. The second-order valence-corrected chi connectivity index (χ2v) is 7.48. The molecule has 0 amide bonds. The summed E-state index contributed by atoms with van der Waals surface area (Å²) >= 11 is 0. The number of aliphatic imine (C=N–C) groups is 1. The molecule has 0 aliphatic carbocycles. The number of hydrogen-bond acceptors (Lipinski definition) is 6. The average molecular weight is 410 g/mol. The predicted molar refractivity (Wildman–Crippen MR) is 123 cm³/mol.